The fraction of sp³-hybridized carbons (Fsp3) is 0.348. The first-order chi connectivity index (χ1) is 15.0. The van der Waals surface area contributed by atoms with Crippen LogP contribution in [0.1, 0.15) is 53.1 Å². The Hall–Kier alpha value is -3.73. The number of nitrogens with one attached hydrogen (secondary N) is 1. The number of aromatic nitrogens is 4. The molecule has 3 aromatic rings. The molecule has 31 heavy (non-hydrogen) atoms. The molecule has 1 aliphatic rings. The van der Waals surface area contributed by atoms with Crippen molar-refractivity contribution >= 4 is 11.7 Å². The normalized spacial score (nSPS) is 13.9. The van der Waals surface area contributed by atoms with Gasteiger partial charge in [-0.1, -0.05) is 24.3 Å². The Bertz CT molecular complexity index is 1160. The Balaban J connectivity index is 1.64. The van der Waals surface area contributed by atoms with E-state index in [0.29, 0.717) is 29.3 Å². The summed E-state index contributed by atoms with van der Waals surface area (Å²) in [6.45, 7) is 7.26. The second-order valence-electron chi connectivity index (χ2n) is 7.79. The van der Waals surface area contributed by atoms with Gasteiger partial charge in [-0.15, -0.1) is 5.10 Å². The van der Waals surface area contributed by atoms with E-state index in [-0.39, 0.29) is 11.9 Å². The third-order valence-electron chi connectivity index (χ3n) is 5.78. The molecule has 1 amide bonds. The number of hydrogen-bond acceptors (Lipinski definition) is 6. The van der Waals surface area contributed by atoms with Crippen molar-refractivity contribution in [2.45, 2.75) is 46.2 Å². The molecule has 8 nitrogen and oxygen atoms in total. The van der Waals surface area contributed by atoms with Crippen LogP contribution in [0, 0.1) is 18.3 Å². The standard InChI is InChI=1S/C23H25N7O/c1-4-15(2)26-23(31)21-16(3)30(28-27-21)20-9-5-7-18-14-29(12-10-19(18)20)22-17(13-24)8-6-11-25-22/h5-9,11,15H,4,10,12,14H2,1-3H3,(H,26,31)/t15-/m0/s1. The molecule has 0 unspecified atom stereocenters. The van der Waals surface area contributed by atoms with Crippen molar-refractivity contribution < 1.29 is 4.79 Å². The third-order valence-corrected chi connectivity index (χ3v) is 5.78. The van der Waals surface area contributed by atoms with Crippen LogP contribution >= 0.6 is 0 Å². The molecule has 0 bridgehead atoms. The minimum absolute atomic E-state index is 0.0809. The summed E-state index contributed by atoms with van der Waals surface area (Å²) < 4.78 is 1.75. The predicted octanol–water partition coefficient (Wildman–Crippen LogP) is 2.93. The first-order valence-electron chi connectivity index (χ1n) is 10.5. The molecule has 0 saturated heterocycles. The molecule has 4 rings (SSSR count). The first-order valence-corrected chi connectivity index (χ1v) is 10.5. The quantitative estimate of drug-likeness (QED) is 0.688. The first kappa shape index (κ1) is 20.5. The zero-order valence-electron chi connectivity index (χ0n) is 18.0. The van der Waals surface area contributed by atoms with E-state index in [4.69, 9.17) is 0 Å². The predicted molar refractivity (Wildman–Crippen MR) is 117 cm³/mol. The monoisotopic (exact) mass is 415 g/mol. The molecule has 0 aliphatic carbocycles. The van der Waals surface area contributed by atoms with Crippen LogP contribution in [0.3, 0.4) is 0 Å². The minimum atomic E-state index is -0.201. The fourth-order valence-electron chi connectivity index (χ4n) is 3.87. The summed E-state index contributed by atoms with van der Waals surface area (Å²) in [6, 6.07) is 12.0. The van der Waals surface area contributed by atoms with Gasteiger partial charge in [0.15, 0.2) is 5.69 Å². The molecule has 1 aromatic carbocycles. The largest absolute Gasteiger partial charge is 0.351 e. The highest BCUT2D eigenvalue weighted by Crippen LogP contribution is 2.29. The van der Waals surface area contributed by atoms with Gasteiger partial charge in [0.1, 0.15) is 11.9 Å². The number of carbonyl (C=O) groups is 1. The summed E-state index contributed by atoms with van der Waals surface area (Å²) in [4.78, 5) is 19.1. The van der Waals surface area contributed by atoms with Gasteiger partial charge in [-0.3, -0.25) is 4.79 Å². The highest BCUT2D eigenvalue weighted by atomic mass is 16.2. The number of nitrogens with zero attached hydrogens (tertiary/aromatic N) is 6. The zero-order valence-corrected chi connectivity index (χ0v) is 18.0. The molecular weight excluding hydrogens is 390 g/mol. The van der Waals surface area contributed by atoms with E-state index in [1.165, 1.54) is 5.56 Å². The second kappa shape index (κ2) is 8.56. The number of hydrogen-bond donors (Lipinski definition) is 1. The van der Waals surface area contributed by atoms with Crippen molar-refractivity contribution in [2.75, 3.05) is 11.4 Å². The molecular formula is C23H25N7O. The third kappa shape index (κ3) is 3.87. The van der Waals surface area contributed by atoms with Crippen LogP contribution in [0.25, 0.3) is 5.69 Å². The number of anilines is 1. The van der Waals surface area contributed by atoms with Crippen molar-refractivity contribution in [3.8, 4) is 11.8 Å². The van der Waals surface area contributed by atoms with Gasteiger partial charge in [-0.05, 0) is 56.0 Å². The molecule has 1 atom stereocenters. The summed E-state index contributed by atoms with van der Waals surface area (Å²) in [5.41, 5.74) is 4.90. The van der Waals surface area contributed by atoms with Gasteiger partial charge >= 0.3 is 0 Å². The molecule has 0 fully saturated rings. The summed E-state index contributed by atoms with van der Waals surface area (Å²) in [6.07, 6.45) is 3.35. The number of rotatable bonds is 5. The van der Waals surface area contributed by atoms with E-state index in [9.17, 15) is 10.1 Å². The van der Waals surface area contributed by atoms with E-state index in [1.807, 2.05) is 32.9 Å². The molecule has 2 aromatic heterocycles. The molecule has 1 N–H and O–H groups in total. The Labute approximate surface area is 181 Å². The van der Waals surface area contributed by atoms with Crippen LogP contribution in [0.4, 0.5) is 5.82 Å². The topological polar surface area (TPSA) is 99.7 Å². The molecule has 8 heteroatoms. The lowest BCUT2D eigenvalue weighted by Gasteiger charge is -2.31. The lowest BCUT2D eigenvalue weighted by molar-refractivity contribution is 0.0933. The second-order valence-corrected chi connectivity index (χ2v) is 7.79. The number of benzene rings is 1. The van der Waals surface area contributed by atoms with Crippen molar-refractivity contribution in [2.24, 2.45) is 0 Å². The maximum Gasteiger partial charge on any atom is 0.273 e. The van der Waals surface area contributed by atoms with Gasteiger partial charge in [0.05, 0.1) is 16.9 Å². The minimum Gasteiger partial charge on any atom is -0.351 e. The Morgan fingerprint density at radius 3 is 2.94 bits per heavy atom. The Morgan fingerprint density at radius 2 is 2.16 bits per heavy atom. The summed E-state index contributed by atoms with van der Waals surface area (Å²) in [5.74, 6) is 0.509. The van der Waals surface area contributed by atoms with E-state index in [2.05, 4.69) is 37.6 Å². The molecule has 0 radical (unpaired) electrons. The highest BCUT2D eigenvalue weighted by molar-refractivity contribution is 5.93. The summed E-state index contributed by atoms with van der Waals surface area (Å²) >= 11 is 0. The van der Waals surface area contributed by atoms with Crippen LogP contribution in [0.15, 0.2) is 36.5 Å². The number of fused-ring (bicyclic) bond motifs is 1. The number of amides is 1. The number of pyridine rings is 1. The number of nitriles is 1. The fourth-order valence-corrected chi connectivity index (χ4v) is 3.87. The van der Waals surface area contributed by atoms with Crippen LogP contribution < -0.4 is 10.2 Å². The average molecular weight is 416 g/mol. The molecule has 158 valence electrons. The maximum atomic E-state index is 12.6. The van der Waals surface area contributed by atoms with Crippen molar-refractivity contribution in [1.82, 2.24) is 25.3 Å². The van der Waals surface area contributed by atoms with Crippen molar-refractivity contribution in [3.63, 3.8) is 0 Å². The molecule has 3 heterocycles. The molecule has 0 spiro atoms. The van der Waals surface area contributed by atoms with E-state index < -0.39 is 0 Å². The lowest BCUT2D eigenvalue weighted by Crippen LogP contribution is -2.33. The zero-order chi connectivity index (χ0) is 22.0. The van der Waals surface area contributed by atoms with Gasteiger partial charge in [-0.25, -0.2) is 9.67 Å². The maximum absolute atomic E-state index is 12.6. The van der Waals surface area contributed by atoms with E-state index >= 15 is 0 Å². The van der Waals surface area contributed by atoms with Gasteiger partial charge in [0.25, 0.3) is 5.91 Å². The summed E-state index contributed by atoms with van der Waals surface area (Å²) in [5, 5.41) is 20.8. The Morgan fingerprint density at radius 1 is 1.32 bits per heavy atom. The summed E-state index contributed by atoms with van der Waals surface area (Å²) in [7, 11) is 0. The van der Waals surface area contributed by atoms with Gasteiger partial charge in [0, 0.05) is 25.3 Å². The van der Waals surface area contributed by atoms with E-state index in [1.54, 1.807) is 23.0 Å². The van der Waals surface area contributed by atoms with Gasteiger partial charge < -0.3 is 10.2 Å². The van der Waals surface area contributed by atoms with Crippen LogP contribution in [0.5, 0.6) is 0 Å². The molecule has 1 aliphatic heterocycles. The van der Waals surface area contributed by atoms with Gasteiger partial charge in [0.2, 0.25) is 0 Å². The van der Waals surface area contributed by atoms with Crippen LogP contribution in [0.2, 0.25) is 0 Å². The van der Waals surface area contributed by atoms with E-state index in [0.717, 1.165) is 30.6 Å². The SMILES string of the molecule is CC[C@H](C)NC(=O)c1nnn(-c2cccc3c2CCN(c2ncccc2C#N)C3)c1C. The van der Waals surface area contributed by atoms with Crippen LogP contribution in [-0.2, 0) is 13.0 Å². The van der Waals surface area contributed by atoms with Gasteiger partial charge in [-0.2, -0.15) is 5.26 Å². The average Bonchev–Trinajstić information content (AvgIpc) is 3.19. The Kier molecular flexibility index (Phi) is 5.67. The smallest absolute Gasteiger partial charge is 0.273 e. The van der Waals surface area contributed by atoms with Crippen molar-refractivity contribution in [3.05, 3.63) is 64.6 Å². The van der Waals surface area contributed by atoms with Crippen molar-refractivity contribution in [1.29, 1.82) is 5.26 Å². The van der Waals surface area contributed by atoms with Crippen LogP contribution in [-0.4, -0.2) is 38.5 Å². The highest BCUT2D eigenvalue weighted by Gasteiger charge is 2.25. The molecule has 0 saturated carbocycles. The number of carbonyl (C=O) groups excluding carboxylic acids is 1. The lowest BCUT2D eigenvalue weighted by atomic mass is 9.97.